The van der Waals surface area contributed by atoms with Gasteiger partial charge in [-0.15, -0.1) is 0 Å². The lowest BCUT2D eigenvalue weighted by molar-refractivity contribution is -0.122. The maximum Gasteiger partial charge on any atom is 0.335 e. The van der Waals surface area contributed by atoms with Crippen molar-refractivity contribution in [3.63, 3.8) is 0 Å². The second-order valence-electron chi connectivity index (χ2n) is 6.48. The highest BCUT2D eigenvalue weighted by Crippen LogP contribution is 2.24. The fraction of sp³-hybridized carbons (Fsp3) is 0.190. The first kappa shape index (κ1) is 18.4. The van der Waals surface area contributed by atoms with Crippen molar-refractivity contribution in [2.75, 3.05) is 12.0 Å². The molecular weight excluding hydrogens is 344 g/mol. The number of rotatable bonds is 4. The van der Waals surface area contributed by atoms with Crippen molar-refractivity contribution < 1.29 is 19.1 Å². The van der Waals surface area contributed by atoms with Crippen molar-refractivity contribution in [2.24, 2.45) is 0 Å². The van der Waals surface area contributed by atoms with Crippen LogP contribution in [0.5, 0.6) is 5.75 Å². The highest BCUT2D eigenvalue weighted by molar-refractivity contribution is 6.39. The number of methoxy groups -OCH3 is 1. The Labute approximate surface area is 157 Å². The molecular formula is C21H20N2O4. The zero-order valence-electron chi connectivity index (χ0n) is 15.4. The quantitative estimate of drug-likeness (QED) is 0.666. The second kappa shape index (κ2) is 7.45. The van der Waals surface area contributed by atoms with E-state index in [-0.39, 0.29) is 5.57 Å². The number of amides is 4. The van der Waals surface area contributed by atoms with Gasteiger partial charge in [0, 0.05) is 0 Å². The van der Waals surface area contributed by atoms with Crippen LogP contribution in [0.15, 0.2) is 54.1 Å². The smallest absolute Gasteiger partial charge is 0.335 e. The molecule has 3 rings (SSSR count). The molecule has 138 valence electrons. The normalized spacial score (nSPS) is 16.1. The van der Waals surface area contributed by atoms with Crippen molar-refractivity contribution in [1.29, 1.82) is 0 Å². The molecule has 6 nitrogen and oxygen atoms in total. The van der Waals surface area contributed by atoms with Gasteiger partial charge in [0.1, 0.15) is 11.3 Å². The van der Waals surface area contributed by atoms with Crippen LogP contribution in [0.3, 0.4) is 0 Å². The van der Waals surface area contributed by atoms with Crippen molar-refractivity contribution in [1.82, 2.24) is 5.32 Å². The van der Waals surface area contributed by atoms with Crippen LogP contribution in [0.25, 0.3) is 6.08 Å². The SMILES string of the molecule is COc1ccc(N2C(=O)NC(=O)/C(=C/c3ccc(C(C)C)cc3)C2=O)cc1. The standard InChI is InChI=1S/C21H20N2O4/c1-13(2)15-6-4-14(5-7-15)12-18-19(24)22-21(26)23(20(18)25)16-8-10-17(27-3)11-9-16/h4-13H,1-3H3,(H,22,24,26)/b18-12-. The van der Waals surface area contributed by atoms with Crippen LogP contribution in [0.4, 0.5) is 10.5 Å². The summed E-state index contributed by atoms with van der Waals surface area (Å²) in [6.45, 7) is 4.17. The summed E-state index contributed by atoms with van der Waals surface area (Å²) in [5.74, 6) is -0.389. The molecule has 27 heavy (non-hydrogen) atoms. The van der Waals surface area contributed by atoms with E-state index in [2.05, 4.69) is 19.2 Å². The molecule has 2 aromatic rings. The number of barbiturate groups is 1. The lowest BCUT2D eigenvalue weighted by Crippen LogP contribution is -2.54. The van der Waals surface area contributed by atoms with Crippen LogP contribution in [0, 0.1) is 0 Å². The molecule has 1 heterocycles. The molecule has 1 aliphatic heterocycles. The van der Waals surface area contributed by atoms with Gasteiger partial charge < -0.3 is 4.74 Å². The third-order valence-electron chi connectivity index (χ3n) is 4.35. The van der Waals surface area contributed by atoms with Gasteiger partial charge in [0.25, 0.3) is 11.8 Å². The van der Waals surface area contributed by atoms with E-state index in [9.17, 15) is 14.4 Å². The van der Waals surface area contributed by atoms with Crippen LogP contribution >= 0.6 is 0 Å². The highest BCUT2D eigenvalue weighted by atomic mass is 16.5. The Morgan fingerprint density at radius 2 is 1.59 bits per heavy atom. The molecule has 0 aliphatic carbocycles. The summed E-state index contributed by atoms with van der Waals surface area (Å²) < 4.78 is 5.08. The van der Waals surface area contributed by atoms with E-state index in [1.54, 1.807) is 24.3 Å². The van der Waals surface area contributed by atoms with Crippen LogP contribution in [-0.4, -0.2) is 25.0 Å². The average Bonchev–Trinajstić information content (AvgIpc) is 2.66. The number of hydrogen-bond donors (Lipinski definition) is 1. The molecule has 0 saturated carbocycles. The first-order valence-electron chi connectivity index (χ1n) is 8.56. The summed E-state index contributed by atoms with van der Waals surface area (Å²) in [5, 5.41) is 2.21. The van der Waals surface area contributed by atoms with Crippen LogP contribution in [-0.2, 0) is 9.59 Å². The number of nitrogens with zero attached hydrogens (tertiary/aromatic N) is 1. The average molecular weight is 364 g/mol. The first-order valence-corrected chi connectivity index (χ1v) is 8.56. The molecule has 6 heteroatoms. The molecule has 0 atom stereocenters. The number of nitrogens with one attached hydrogen (secondary N) is 1. The van der Waals surface area contributed by atoms with Crippen molar-refractivity contribution in [2.45, 2.75) is 19.8 Å². The van der Waals surface area contributed by atoms with Gasteiger partial charge in [0.2, 0.25) is 0 Å². The van der Waals surface area contributed by atoms with E-state index < -0.39 is 17.8 Å². The minimum Gasteiger partial charge on any atom is -0.497 e. The van der Waals surface area contributed by atoms with E-state index >= 15 is 0 Å². The van der Waals surface area contributed by atoms with Gasteiger partial charge in [-0.25, -0.2) is 9.69 Å². The van der Waals surface area contributed by atoms with E-state index in [0.717, 1.165) is 10.5 Å². The fourth-order valence-corrected chi connectivity index (χ4v) is 2.77. The van der Waals surface area contributed by atoms with Gasteiger partial charge in [-0.05, 0) is 47.4 Å². The summed E-state index contributed by atoms with van der Waals surface area (Å²) in [4.78, 5) is 38.2. The fourth-order valence-electron chi connectivity index (χ4n) is 2.77. The van der Waals surface area contributed by atoms with Crippen LogP contribution in [0.1, 0.15) is 30.9 Å². The molecule has 0 bridgehead atoms. The van der Waals surface area contributed by atoms with Crippen molar-refractivity contribution in [3.8, 4) is 5.75 Å². The Hall–Kier alpha value is -3.41. The Bertz CT molecular complexity index is 912. The maximum absolute atomic E-state index is 12.8. The molecule has 1 N–H and O–H groups in total. The molecule has 2 aromatic carbocycles. The van der Waals surface area contributed by atoms with Crippen molar-refractivity contribution >= 4 is 29.6 Å². The molecule has 4 amide bonds. The lowest BCUT2D eigenvalue weighted by Gasteiger charge is -2.26. The summed E-state index contributed by atoms with van der Waals surface area (Å²) >= 11 is 0. The number of carbonyl (C=O) groups is 3. The number of ether oxygens (including phenoxy) is 1. The maximum atomic E-state index is 12.8. The monoisotopic (exact) mass is 364 g/mol. The zero-order valence-corrected chi connectivity index (χ0v) is 15.4. The Morgan fingerprint density at radius 1 is 0.963 bits per heavy atom. The number of carbonyl (C=O) groups excluding carboxylic acids is 3. The van der Waals surface area contributed by atoms with E-state index in [0.29, 0.717) is 22.9 Å². The zero-order chi connectivity index (χ0) is 19.6. The van der Waals surface area contributed by atoms with Gasteiger partial charge in [-0.1, -0.05) is 38.1 Å². The van der Waals surface area contributed by atoms with Gasteiger partial charge >= 0.3 is 6.03 Å². The van der Waals surface area contributed by atoms with Gasteiger partial charge in [0.15, 0.2) is 0 Å². The molecule has 0 radical (unpaired) electrons. The summed E-state index contributed by atoms with van der Waals surface area (Å²) in [5.41, 5.74) is 2.13. The molecule has 1 fully saturated rings. The molecule has 0 unspecified atom stereocenters. The predicted molar refractivity (Wildman–Crippen MR) is 103 cm³/mol. The molecule has 0 spiro atoms. The van der Waals surface area contributed by atoms with Crippen LogP contribution < -0.4 is 15.0 Å². The molecule has 1 aliphatic rings. The molecule has 1 saturated heterocycles. The third-order valence-corrected chi connectivity index (χ3v) is 4.35. The number of benzene rings is 2. The van der Waals surface area contributed by atoms with E-state index in [1.165, 1.54) is 13.2 Å². The summed E-state index contributed by atoms with van der Waals surface area (Å²) in [6.07, 6.45) is 1.49. The number of hydrogen-bond acceptors (Lipinski definition) is 4. The number of urea groups is 1. The third kappa shape index (κ3) is 3.74. The first-order chi connectivity index (χ1) is 12.9. The topological polar surface area (TPSA) is 75.7 Å². The largest absolute Gasteiger partial charge is 0.497 e. The minimum absolute atomic E-state index is 0.0947. The Morgan fingerprint density at radius 3 is 2.15 bits per heavy atom. The highest BCUT2D eigenvalue weighted by Gasteiger charge is 2.36. The minimum atomic E-state index is -0.775. The summed E-state index contributed by atoms with van der Waals surface area (Å²) in [7, 11) is 1.53. The van der Waals surface area contributed by atoms with Crippen molar-refractivity contribution in [3.05, 3.63) is 65.2 Å². The van der Waals surface area contributed by atoms with Gasteiger partial charge in [0.05, 0.1) is 12.8 Å². The van der Waals surface area contributed by atoms with Gasteiger partial charge in [-0.3, -0.25) is 14.9 Å². The predicted octanol–water partition coefficient (Wildman–Crippen LogP) is 3.49. The summed E-state index contributed by atoms with van der Waals surface area (Å²) in [6, 6.07) is 13.3. The van der Waals surface area contributed by atoms with Crippen LogP contribution in [0.2, 0.25) is 0 Å². The van der Waals surface area contributed by atoms with E-state index in [1.807, 2.05) is 24.3 Å². The number of anilines is 1. The Balaban J connectivity index is 1.93. The lowest BCUT2D eigenvalue weighted by atomic mass is 10.0. The van der Waals surface area contributed by atoms with Gasteiger partial charge in [-0.2, -0.15) is 0 Å². The number of imide groups is 2. The van der Waals surface area contributed by atoms with E-state index in [4.69, 9.17) is 4.74 Å². The molecule has 0 aromatic heterocycles. The Kier molecular flexibility index (Phi) is 5.07. The second-order valence-corrected chi connectivity index (χ2v) is 6.48.